The number of hydrogen-bond donors (Lipinski definition) is 0. The van der Waals surface area contributed by atoms with Crippen LogP contribution in [0.2, 0.25) is 0 Å². The first-order valence-corrected chi connectivity index (χ1v) is 9.02. The number of rotatable bonds is 6. The van der Waals surface area contributed by atoms with Crippen LogP contribution in [-0.4, -0.2) is 36.3 Å². The average Bonchev–Trinajstić information content (AvgIpc) is 3.18. The molecule has 136 valence electrons. The quantitative estimate of drug-likeness (QED) is 0.793. The highest BCUT2D eigenvalue weighted by Gasteiger charge is 2.20. The van der Waals surface area contributed by atoms with Gasteiger partial charge in [0.05, 0.1) is 0 Å². The molecule has 26 heavy (non-hydrogen) atoms. The van der Waals surface area contributed by atoms with Gasteiger partial charge in [0.1, 0.15) is 11.5 Å². The van der Waals surface area contributed by atoms with Gasteiger partial charge in [-0.1, -0.05) is 18.2 Å². The second kappa shape index (κ2) is 8.52. The molecule has 0 saturated carbocycles. The number of nitrogens with zero attached hydrogens (tertiary/aromatic N) is 2. The summed E-state index contributed by atoms with van der Waals surface area (Å²) in [6, 6.07) is 16.9. The van der Waals surface area contributed by atoms with Crippen LogP contribution in [-0.2, 0) is 9.59 Å². The third-order valence-corrected chi connectivity index (χ3v) is 4.52. The van der Waals surface area contributed by atoms with E-state index in [0.717, 1.165) is 37.4 Å². The molecule has 5 nitrogen and oxygen atoms in total. The first-order chi connectivity index (χ1) is 12.6. The minimum Gasteiger partial charge on any atom is -0.457 e. The predicted molar refractivity (Wildman–Crippen MR) is 101 cm³/mol. The van der Waals surface area contributed by atoms with Crippen LogP contribution in [0.4, 0.5) is 5.69 Å². The molecule has 3 rings (SSSR count). The fraction of sp³-hybridized carbons (Fsp3) is 0.333. The van der Waals surface area contributed by atoms with E-state index in [1.807, 2.05) is 59.5 Å². The van der Waals surface area contributed by atoms with Gasteiger partial charge in [0.2, 0.25) is 11.8 Å². The predicted octanol–water partition coefficient (Wildman–Crippen LogP) is 3.84. The van der Waals surface area contributed by atoms with Crippen molar-refractivity contribution in [2.45, 2.75) is 26.2 Å². The van der Waals surface area contributed by atoms with E-state index in [9.17, 15) is 9.59 Å². The van der Waals surface area contributed by atoms with Gasteiger partial charge in [-0.25, -0.2) is 0 Å². The molecule has 2 aromatic carbocycles. The summed E-state index contributed by atoms with van der Waals surface area (Å²) in [7, 11) is 0. The molecular weight excluding hydrogens is 328 g/mol. The van der Waals surface area contributed by atoms with E-state index in [-0.39, 0.29) is 11.8 Å². The lowest BCUT2D eigenvalue weighted by molar-refractivity contribution is -0.129. The lowest BCUT2D eigenvalue weighted by Crippen LogP contribution is -2.35. The Labute approximate surface area is 154 Å². The lowest BCUT2D eigenvalue weighted by atomic mass is 10.2. The molecular formula is C21H24N2O3. The van der Waals surface area contributed by atoms with Crippen molar-refractivity contribution in [3.63, 3.8) is 0 Å². The van der Waals surface area contributed by atoms with Crippen LogP contribution >= 0.6 is 0 Å². The summed E-state index contributed by atoms with van der Waals surface area (Å²) in [6.45, 7) is 3.59. The number of carbonyl (C=O) groups is 2. The van der Waals surface area contributed by atoms with E-state index in [4.69, 9.17) is 4.74 Å². The van der Waals surface area contributed by atoms with Gasteiger partial charge in [0.15, 0.2) is 0 Å². The minimum absolute atomic E-state index is 0.0732. The monoisotopic (exact) mass is 352 g/mol. The molecule has 2 aromatic rings. The Morgan fingerprint density at radius 1 is 0.962 bits per heavy atom. The molecule has 0 spiro atoms. The summed E-state index contributed by atoms with van der Waals surface area (Å²) < 4.78 is 5.78. The van der Waals surface area contributed by atoms with E-state index in [1.165, 1.54) is 6.92 Å². The zero-order chi connectivity index (χ0) is 18.4. The maximum Gasteiger partial charge on any atom is 0.224 e. The van der Waals surface area contributed by atoms with Crippen molar-refractivity contribution in [1.82, 2.24) is 4.90 Å². The maximum absolute atomic E-state index is 12.2. The third-order valence-electron chi connectivity index (χ3n) is 4.52. The molecule has 1 fully saturated rings. The second-order valence-electron chi connectivity index (χ2n) is 6.42. The summed E-state index contributed by atoms with van der Waals surface area (Å²) in [5, 5.41) is 0. The Kier molecular flexibility index (Phi) is 5.89. The Balaban J connectivity index is 1.62. The molecule has 1 heterocycles. The number of anilines is 1. The van der Waals surface area contributed by atoms with Gasteiger partial charge >= 0.3 is 0 Å². The molecule has 0 unspecified atom stereocenters. The topological polar surface area (TPSA) is 49.9 Å². The summed E-state index contributed by atoms with van der Waals surface area (Å²) in [4.78, 5) is 27.8. The fourth-order valence-electron chi connectivity index (χ4n) is 3.12. The number of benzene rings is 2. The highest BCUT2D eigenvalue weighted by atomic mass is 16.5. The Morgan fingerprint density at radius 2 is 1.58 bits per heavy atom. The number of amides is 2. The van der Waals surface area contributed by atoms with Gasteiger partial charge in [-0.05, 0) is 49.2 Å². The molecule has 1 aliphatic rings. The third kappa shape index (κ3) is 4.63. The SMILES string of the molecule is CC(=O)N(CCC(=O)N1CCCC1)c1ccc(Oc2ccccc2)cc1. The molecule has 0 aliphatic carbocycles. The second-order valence-corrected chi connectivity index (χ2v) is 6.42. The minimum atomic E-state index is -0.0732. The fourth-order valence-corrected chi connectivity index (χ4v) is 3.12. The first kappa shape index (κ1) is 18.0. The number of hydrogen-bond acceptors (Lipinski definition) is 3. The van der Waals surface area contributed by atoms with Crippen molar-refractivity contribution in [3.8, 4) is 11.5 Å². The van der Waals surface area contributed by atoms with Crippen molar-refractivity contribution in [2.24, 2.45) is 0 Å². The smallest absolute Gasteiger partial charge is 0.224 e. The summed E-state index contributed by atoms with van der Waals surface area (Å²) in [5.74, 6) is 1.52. The standard InChI is InChI=1S/C21H24N2O3/c1-17(24)23(16-13-21(25)22-14-5-6-15-22)18-9-11-20(12-10-18)26-19-7-3-2-4-8-19/h2-4,7-12H,5-6,13-16H2,1H3. The van der Waals surface area contributed by atoms with Gasteiger partial charge in [-0.2, -0.15) is 0 Å². The molecule has 0 radical (unpaired) electrons. The van der Waals surface area contributed by atoms with E-state index in [2.05, 4.69) is 0 Å². The van der Waals surface area contributed by atoms with E-state index >= 15 is 0 Å². The van der Waals surface area contributed by atoms with Gasteiger partial charge in [0, 0.05) is 38.7 Å². The van der Waals surface area contributed by atoms with Crippen LogP contribution in [0.3, 0.4) is 0 Å². The largest absolute Gasteiger partial charge is 0.457 e. The lowest BCUT2D eigenvalue weighted by Gasteiger charge is -2.23. The normalized spacial score (nSPS) is 13.5. The van der Waals surface area contributed by atoms with Crippen LogP contribution in [0.5, 0.6) is 11.5 Å². The summed E-state index contributed by atoms with van der Waals surface area (Å²) in [5.41, 5.74) is 0.770. The molecule has 1 saturated heterocycles. The van der Waals surface area contributed by atoms with E-state index in [0.29, 0.717) is 18.7 Å². The van der Waals surface area contributed by atoms with Crippen molar-refractivity contribution < 1.29 is 14.3 Å². The van der Waals surface area contributed by atoms with E-state index in [1.54, 1.807) is 4.90 Å². The van der Waals surface area contributed by atoms with Crippen molar-refractivity contribution >= 4 is 17.5 Å². The number of likely N-dealkylation sites (tertiary alicyclic amines) is 1. The first-order valence-electron chi connectivity index (χ1n) is 9.02. The zero-order valence-corrected chi connectivity index (χ0v) is 15.1. The molecule has 1 aliphatic heterocycles. The zero-order valence-electron chi connectivity index (χ0n) is 15.1. The molecule has 5 heteroatoms. The number of para-hydroxylation sites is 1. The summed E-state index contributed by atoms with van der Waals surface area (Å²) >= 11 is 0. The molecule has 2 amide bonds. The Hall–Kier alpha value is -2.82. The average molecular weight is 352 g/mol. The van der Waals surface area contributed by atoms with Crippen molar-refractivity contribution in [2.75, 3.05) is 24.5 Å². The van der Waals surface area contributed by atoms with Crippen LogP contribution in [0.1, 0.15) is 26.2 Å². The Morgan fingerprint density at radius 3 is 2.19 bits per heavy atom. The summed E-state index contributed by atoms with van der Waals surface area (Å²) in [6.07, 6.45) is 2.50. The Bertz CT molecular complexity index is 738. The molecule has 0 bridgehead atoms. The highest BCUT2D eigenvalue weighted by molar-refractivity contribution is 5.92. The van der Waals surface area contributed by atoms with Gasteiger partial charge in [-0.3, -0.25) is 9.59 Å². The van der Waals surface area contributed by atoms with Crippen molar-refractivity contribution in [3.05, 3.63) is 54.6 Å². The van der Waals surface area contributed by atoms with Crippen LogP contribution in [0.25, 0.3) is 0 Å². The van der Waals surface area contributed by atoms with Crippen LogP contribution in [0.15, 0.2) is 54.6 Å². The van der Waals surface area contributed by atoms with E-state index < -0.39 is 0 Å². The van der Waals surface area contributed by atoms with Gasteiger partial charge in [0.25, 0.3) is 0 Å². The van der Waals surface area contributed by atoms with Gasteiger partial charge in [-0.15, -0.1) is 0 Å². The molecule has 0 atom stereocenters. The van der Waals surface area contributed by atoms with Gasteiger partial charge < -0.3 is 14.5 Å². The highest BCUT2D eigenvalue weighted by Crippen LogP contribution is 2.24. The molecule has 0 N–H and O–H groups in total. The maximum atomic E-state index is 12.2. The van der Waals surface area contributed by atoms with Crippen LogP contribution < -0.4 is 9.64 Å². The number of ether oxygens (including phenoxy) is 1. The number of carbonyl (C=O) groups excluding carboxylic acids is 2. The van der Waals surface area contributed by atoms with Crippen molar-refractivity contribution in [1.29, 1.82) is 0 Å². The van der Waals surface area contributed by atoms with Crippen LogP contribution in [0, 0.1) is 0 Å². The molecule has 0 aromatic heterocycles.